The Balaban J connectivity index is 1.93. The van der Waals surface area contributed by atoms with Crippen LogP contribution in [-0.4, -0.2) is 16.1 Å². The van der Waals surface area contributed by atoms with Gasteiger partial charge in [-0.05, 0) is 29.8 Å². The molecule has 22 heavy (non-hydrogen) atoms. The fourth-order valence-electron chi connectivity index (χ4n) is 2.32. The lowest BCUT2D eigenvalue weighted by atomic mass is 10.1. The van der Waals surface area contributed by atoms with Crippen LogP contribution in [0, 0.1) is 0 Å². The Morgan fingerprint density at radius 2 is 1.95 bits per heavy atom. The van der Waals surface area contributed by atoms with Gasteiger partial charge in [0.2, 0.25) is 0 Å². The number of hydrogen-bond acceptors (Lipinski definition) is 3. The third-order valence-corrected chi connectivity index (χ3v) is 3.47. The number of aromatic nitrogens is 2. The van der Waals surface area contributed by atoms with Gasteiger partial charge in [0.1, 0.15) is 18.6 Å². The van der Waals surface area contributed by atoms with Gasteiger partial charge in [0, 0.05) is 24.4 Å². The van der Waals surface area contributed by atoms with E-state index in [4.69, 9.17) is 4.74 Å². The van der Waals surface area contributed by atoms with Gasteiger partial charge in [-0.15, -0.1) is 0 Å². The van der Waals surface area contributed by atoms with Gasteiger partial charge >= 0.3 is 0 Å². The summed E-state index contributed by atoms with van der Waals surface area (Å²) in [6.45, 7) is 0.478. The van der Waals surface area contributed by atoms with Crippen molar-refractivity contribution in [3.8, 4) is 17.0 Å². The molecule has 110 valence electrons. The molecule has 0 saturated carbocycles. The average Bonchev–Trinajstić information content (AvgIpc) is 2.99. The highest BCUT2D eigenvalue weighted by Gasteiger charge is 2.11. The van der Waals surface area contributed by atoms with Crippen molar-refractivity contribution in [2.24, 2.45) is 7.05 Å². The van der Waals surface area contributed by atoms with Crippen LogP contribution in [0.5, 0.6) is 5.75 Å². The van der Waals surface area contributed by atoms with E-state index in [9.17, 15) is 4.79 Å². The van der Waals surface area contributed by atoms with Crippen LogP contribution in [-0.2, 0) is 13.7 Å². The molecular formula is C18H16N2O2. The molecule has 0 spiro atoms. The van der Waals surface area contributed by atoms with E-state index in [0.717, 1.165) is 28.9 Å². The van der Waals surface area contributed by atoms with Crippen molar-refractivity contribution in [1.82, 2.24) is 9.78 Å². The molecule has 0 atom stereocenters. The molecule has 0 aliphatic carbocycles. The molecule has 4 heteroatoms. The molecular weight excluding hydrogens is 276 g/mol. The predicted molar refractivity (Wildman–Crippen MR) is 84.8 cm³/mol. The number of ether oxygens (including phenoxy) is 1. The van der Waals surface area contributed by atoms with Crippen molar-refractivity contribution < 1.29 is 9.53 Å². The molecule has 0 N–H and O–H groups in total. The van der Waals surface area contributed by atoms with Crippen molar-refractivity contribution in [3.63, 3.8) is 0 Å². The lowest BCUT2D eigenvalue weighted by Gasteiger charge is -2.12. The maximum absolute atomic E-state index is 11.0. The Morgan fingerprint density at radius 1 is 1.14 bits per heavy atom. The van der Waals surface area contributed by atoms with E-state index in [1.54, 1.807) is 16.9 Å². The molecule has 1 heterocycles. The number of benzene rings is 2. The van der Waals surface area contributed by atoms with E-state index < -0.39 is 0 Å². The van der Waals surface area contributed by atoms with Crippen molar-refractivity contribution >= 4 is 6.29 Å². The largest absolute Gasteiger partial charge is 0.488 e. The zero-order chi connectivity index (χ0) is 15.4. The van der Waals surface area contributed by atoms with E-state index in [1.165, 1.54) is 0 Å². The van der Waals surface area contributed by atoms with E-state index in [0.29, 0.717) is 12.2 Å². The molecule has 2 aromatic carbocycles. The Morgan fingerprint density at radius 3 is 2.64 bits per heavy atom. The van der Waals surface area contributed by atoms with Gasteiger partial charge in [0.25, 0.3) is 0 Å². The second-order valence-corrected chi connectivity index (χ2v) is 4.99. The van der Waals surface area contributed by atoms with Gasteiger partial charge in [-0.2, -0.15) is 5.10 Å². The molecule has 0 unspecified atom stereocenters. The first-order valence-corrected chi connectivity index (χ1v) is 7.02. The van der Waals surface area contributed by atoms with E-state index in [-0.39, 0.29) is 0 Å². The third-order valence-electron chi connectivity index (χ3n) is 3.47. The highest BCUT2D eigenvalue weighted by molar-refractivity contribution is 5.80. The maximum Gasteiger partial charge on any atom is 0.150 e. The summed E-state index contributed by atoms with van der Waals surface area (Å²) in [5, 5.41) is 4.18. The van der Waals surface area contributed by atoms with Gasteiger partial charge in [-0.25, -0.2) is 0 Å². The number of hydrogen-bond donors (Lipinski definition) is 0. The average molecular weight is 292 g/mol. The molecule has 0 fully saturated rings. The van der Waals surface area contributed by atoms with Crippen molar-refractivity contribution in [2.75, 3.05) is 0 Å². The number of nitrogens with zero attached hydrogens (tertiary/aromatic N) is 2. The molecule has 0 amide bonds. The molecule has 0 bridgehead atoms. The minimum atomic E-state index is 0.478. The Labute approximate surface area is 129 Å². The monoisotopic (exact) mass is 292 g/mol. The molecule has 3 rings (SSSR count). The summed E-state index contributed by atoms with van der Waals surface area (Å²) in [6, 6.07) is 17.3. The van der Waals surface area contributed by atoms with Crippen LogP contribution < -0.4 is 4.74 Å². The highest BCUT2D eigenvalue weighted by Crippen LogP contribution is 2.31. The van der Waals surface area contributed by atoms with Crippen LogP contribution in [0.15, 0.2) is 60.8 Å². The minimum Gasteiger partial charge on any atom is -0.488 e. The smallest absolute Gasteiger partial charge is 0.150 e. The predicted octanol–water partition coefficient (Wildman–Crippen LogP) is 3.48. The Hall–Kier alpha value is -2.88. The summed E-state index contributed by atoms with van der Waals surface area (Å²) in [6.07, 6.45) is 2.56. The number of aldehydes is 1. The van der Waals surface area contributed by atoms with Gasteiger partial charge in [0.15, 0.2) is 0 Å². The van der Waals surface area contributed by atoms with Gasteiger partial charge in [-0.1, -0.05) is 30.3 Å². The second kappa shape index (κ2) is 6.26. The summed E-state index contributed by atoms with van der Waals surface area (Å²) in [4.78, 5) is 11.0. The molecule has 0 aliphatic heterocycles. The van der Waals surface area contributed by atoms with Crippen LogP contribution in [0.1, 0.15) is 15.9 Å². The lowest BCUT2D eigenvalue weighted by Crippen LogP contribution is -2.00. The van der Waals surface area contributed by atoms with Gasteiger partial charge in [0.05, 0.1) is 5.69 Å². The summed E-state index contributed by atoms with van der Waals surface area (Å²) in [5.74, 6) is 0.734. The first kappa shape index (κ1) is 14.1. The van der Waals surface area contributed by atoms with Crippen LogP contribution in [0.4, 0.5) is 0 Å². The number of carbonyl (C=O) groups excluding carboxylic acids is 1. The Bertz CT molecular complexity index is 779. The maximum atomic E-state index is 11.0. The first-order chi connectivity index (χ1) is 10.8. The molecule has 0 radical (unpaired) electrons. The van der Waals surface area contributed by atoms with E-state index in [2.05, 4.69) is 5.10 Å². The number of carbonyl (C=O) groups is 1. The zero-order valence-corrected chi connectivity index (χ0v) is 12.3. The van der Waals surface area contributed by atoms with Crippen molar-refractivity contribution in [1.29, 1.82) is 0 Å². The van der Waals surface area contributed by atoms with E-state index >= 15 is 0 Å². The van der Waals surface area contributed by atoms with Gasteiger partial charge < -0.3 is 4.74 Å². The van der Waals surface area contributed by atoms with Crippen LogP contribution in [0.25, 0.3) is 11.3 Å². The van der Waals surface area contributed by atoms with Crippen LogP contribution in [0.2, 0.25) is 0 Å². The summed E-state index contributed by atoms with van der Waals surface area (Å²) >= 11 is 0. The SMILES string of the molecule is Cn1nccc1-c1cc(C=O)ccc1OCc1ccccc1. The first-order valence-electron chi connectivity index (χ1n) is 7.02. The lowest BCUT2D eigenvalue weighted by molar-refractivity contribution is 0.112. The Kier molecular flexibility index (Phi) is 4.01. The summed E-state index contributed by atoms with van der Waals surface area (Å²) < 4.78 is 7.71. The van der Waals surface area contributed by atoms with Crippen molar-refractivity contribution in [3.05, 3.63) is 71.9 Å². The molecule has 0 aliphatic rings. The van der Waals surface area contributed by atoms with E-state index in [1.807, 2.05) is 55.6 Å². The molecule has 1 aromatic heterocycles. The van der Waals surface area contributed by atoms with Crippen LogP contribution in [0.3, 0.4) is 0 Å². The minimum absolute atomic E-state index is 0.478. The fraction of sp³-hybridized carbons (Fsp3) is 0.111. The van der Waals surface area contributed by atoms with Crippen molar-refractivity contribution in [2.45, 2.75) is 6.61 Å². The third kappa shape index (κ3) is 2.91. The summed E-state index contributed by atoms with van der Waals surface area (Å²) in [5.41, 5.74) is 3.48. The molecule has 3 aromatic rings. The topological polar surface area (TPSA) is 44.1 Å². The zero-order valence-electron chi connectivity index (χ0n) is 12.3. The quantitative estimate of drug-likeness (QED) is 0.676. The second-order valence-electron chi connectivity index (χ2n) is 4.99. The number of rotatable bonds is 5. The standard InChI is InChI=1S/C18H16N2O2/c1-20-17(9-10-19-20)16-11-15(12-21)7-8-18(16)22-13-14-5-3-2-4-6-14/h2-12H,13H2,1H3. The molecule has 0 saturated heterocycles. The molecule has 4 nitrogen and oxygen atoms in total. The normalized spacial score (nSPS) is 10.4. The highest BCUT2D eigenvalue weighted by atomic mass is 16.5. The van der Waals surface area contributed by atoms with Crippen LogP contribution >= 0.6 is 0 Å². The fourth-order valence-corrected chi connectivity index (χ4v) is 2.32. The van der Waals surface area contributed by atoms with Gasteiger partial charge in [-0.3, -0.25) is 9.48 Å². The summed E-state index contributed by atoms with van der Waals surface area (Å²) in [7, 11) is 1.86. The number of aryl methyl sites for hydroxylation is 1.